The van der Waals surface area contributed by atoms with Crippen LogP contribution in [0, 0.1) is 17.0 Å². The van der Waals surface area contributed by atoms with Crippen molar-refractivity contribution >= 4 is 18.1 Å². The number of hydrogen-bond donors (Lipinski definition) is 3. The van der Waals surface area contributed by atoms with Crippen LogP contribution in [0.25, 0.3) is 11.1 Å². The number of aliphatic imine (C=N–C) groups is 1. The predicted octanol–water partition coefficient (Wildman–Crippen LogP) is 2.92. The molecule has 196 valence electrons. The van der Waals surface area contributed by atoms with Crippen molar-refractivity contribution in [1.82, 2.24) is 29.6 Å². The first kappa shape index (κ1) is 25.2. The molecule has 1 aromatic carbocycles. The summed E-state index contributed by atoms with van der Waals surface area (Å²) in [5, 5.41) is 22.7. The largest absolute Gasteiger partial charge is 0.380 e. The van der Waals surface area contributed by atoms with Crippen molar-refractivity contribution in [3.63, 3.8) is 0 Å². The van der Waals surface area contributed by atoms with Crippen LogP contribution in [0.15, 0.2) is 60.2 Å². The number of aliphatic hydroxyl groups is 1. The molecule has 0 amide bonds. The van der Waals surface area contributed by atoms with Gasteiger partial charge < -0.3 is 19.9 Å². The van der Waals surface area contributed by atoms with Crippen LogP contribution in [0.2, 0.25) is 0 Å². The van der Waals surface area contributed by atoms with Gasteiger partial charge in [-0.25, -0.2) is 23.7 Å². The van der Waals surface area contributed by atoms with Crippen molar-refractivity contribution in [2.75, 3.05) is 31.1 Å². The topological polar surface area (TPSA) is 122 Å². The van der Waals surface area contributed by atoms with E-state index in [0.29, 0.717) is 38.0 Å². The summed E-state index contributed by atoms with van der Waals surface area (Å²) in [6.07, 6.45) is 9.41. The number of benzene rings is 1. The average molecular weight is 520 g/mol. The maximum absolute atomic E-state index is 14.3. The molecular formula is C26H27F2N9O. The third-order valence-corrected chi connectivity index (χ3v) is 6.66. The van der Waals surface area contributed by atoms with E-state index in [1.807, 2.05) is 30.4 Å². The van der Waals surface area contributed by atoms with Crippen molar-refractivity contribution in [1.29, 1.82) is 5.41 Å². The number of piperazine rings is 1. The highest BCUT2D eigenvalue weighted by Gasteiger charge is 2.33. The van der Waals surface area contributed by atoms with Crippen LogP contribution in [-0.2, 0) is 12.6 Å². The van der Waals surface area contributed by atoms with Crippen molar-refractivity contribution in [3.8, 4) is 11.1 Å². The van der Waals surface area contributed by atoms with Gasteiger partial charge in [0.1, 0.15) is 23.6 Å². The fourth-order valence-corrected chi connectivity index (χ4v) is 4.60. The van der Waals surface area contributed by atoms with Crippen LogP contribution < -0.4 is 4.90 Å². The van der Waals surface area contributed by atoms with E-state index in [0.717, 1.165) is 35.3 Å². The van der Waals surface area contributed by atoms with Gasteiger partial charge in [0, 0.05) is 74.7 Å². The van der Waals surface area contributed by atoms with Gasteiger partial charge in [-0.3, -0.25) is 10.1 Å². The maximum atomic E-state index is 14.3. The minimum atomic E-state index is -1.94. The highest BCUT2D eigenvalue weighted by Crippen LogP contribution is 2.32. The summed E-state index contributed by atoms with van der Waals surface area (Å²) in [6, 6.07) is 5.43. The molecule has 5 rings (SSSR count). The number of aryl methyl sites for hydroxylation is 1. The van der Waals surface area contributed by atoms with E-state index < -0.39 is 22.8 Å². The highest BCUT2D eigenvalue weighted by molar-refractivity contribution is 6.01. The Balaban J connectivity index is 1.28. The number of nitrogens with one attached hydrogen (secondary N) is 2. The van der Waals surface area contributed by atoms with Crippen LogP contribution in [0.4, 0.5) is 14.7 Å². The molecule has 0 aliphatic carbocycles. The number of nitrogens with zero attached hydrogens (tertiary/aromatic N) is 7. The second-order valence-corrected chi connectivity index (χ2v) is 9.20. The third-order valence-electron chi connectivity index (χ3n) is 6.66. The van der Waals surface area contributed by atoms with E-state index in [-0.39, 0.29) is 5.56 Å². The monoisotopic (exact) mass is 519 g/mol. The van der Waals surface area contributed by atoms with E-state index in [9.17, 15) is 13.9 Å². The lowest BCUT2D eigenvalue weighted by Crippen LogP contribution is -2.49. The van der Waals surface area contributed by atoms with Gasteiger partial charge in [0.25, 0.3) is 0 Å². The van der Waals surface area contributed by atoms with Crippen molar-refractivity contribution in [3.05, 3.63) is 83.7 Å². The van der Waals surface area contributed by atoms with Gasteiger partial charge in [-0.1, -0.05) is 6.07 Å². The lowest BCUT2D eigenvalue weighted by atomic mass is 9.89. The molecule has 1 aliphatic rings. The van der Waals surface area contributed by atoms with Gasteiger partial charge in [-0.15, -0.1) is 0 Å². The smallest absolute Gasteiger partial charge is 0.225 e. The molecule has 1 saturated heterocycles. The Morgan fingerprint density at radius 3 is 2.39 bits per heavy atom. The molecular weight excluding hydrogens is 492 g/mol. The lowest BCUT2D eigenvalue weighted by molar-refractivity contribution is 0.0926. The first-order chi connectivity index (χ1) is 18.3. The van der Waals surface area contributed by atoms with Crippen molar-refractivity contribution < 1.29 is 13.9 Å². The van der Waals surface area contributed by atoms with Crippen LogP contribution in [0.5, 0.6) is 0 Å². The summed E-state index contributed by atoms with van der Waals surface area (Å²) < 4.78 is 30.3. The zero-order valence-corrected chi connectivity index (χ0v) is 20.9. The molecule has 0 bridgehead atoms. The number of H-pyrrole nitrogens is 1. The first-order valence-electron chi connectivity index (χ1n) is 12.0. The summed E-state index contributed by atoms with van der Waals surface area (Å²) >= 11 is 0. The van der Waals surface area contributed by atoms with Gasteiger partial charge >= 0.3 is 0 Å². The predicted molar refractivity (Wildman–Crippen MR) is 139 cm³/mol. The Bertz CT molecular complexity index is 1450. The third kappa shape index (κ3) is 4.77. The average Bonchev–Trinajstić information content (AvgIpc) is 3.57. The Kier molecular flexibility index (Phi) is 6.72. The number of halogens is 2. The van der Waals surface area contributed by atoms with E-state index in [4.69, 9.17) is 5.41 Å². The van der Waals surface area contributed by atoms with Gasteiger partial charge in [-0.2, -0.15) is 5.10 Å². The van der Waals surface area contributed by atoms with E-state index in [1.165, 1.54) is 25.4 Å². The Labute approximate surface area is 217 Å². The second-order valence-electron chi connectivity index (χ2n) is 9.20. The Morgan fingerprint density at radius 2 is 1.79 bits per heavy atom. The first-order valence-corrected chi connectivity index (χ1v) is 12.0. The number of aromatic amines is 1. The number of amidine groups is 1. The molecule has 3 N–H and O–H groups in total. The molecule has 12 heteroatoms. The SMILES string of the molecule is Cn1cc(-c2c[nH]c(/C(=N\C=N)N3CCN(c4ncc([C@@](C)(O)c5c(F)cccc5F)cn4)CC3)c2)cn1. The number of aromatic nitrogens is 5. The standard InChI is InChI=1S/C26H27F2N9O/c1-26(38,23-20(27)4-3-5-21(23)28)19-13-31-25(32-14-19)37-8-6-36(7-9-37)24(33-16-29)22-10-17(11-30-22)18-12-34-35(2)15-18/h3-5,10-16,29-30,38H,6-9H2,1-2H3/b29-16?,33-24+/t26-/m1/s1. The molecule has 1 atom stereocenters. The molecule has 0 radical (unpaired) electrons. The molecule has 0 unspecified atom stereocenters. The molecule has 38 heavy (non-hydrogen) atoms. The Morgan fingerprint density at radius 1 is 1.11 bits per heavy atom. The summed E-state index contributed by atoms with van der Waals surface area (Å²) in [7, 11) is 1.86. The van der Waals surface area contributed by atoms with Gasteiger partial charge in [0.05, 0.1) is 17.5 Å². The summed E-state index contributed by atoms with van der Waals surface area (Å²) in [5.74, 6) is -0.573. The van der Waals surface area contributed by atoms with Crippen LogP contribution >= 0.6 is 0 Å². The summed E-state index contributed by atoms with van der Waals surface area (Å²) in [4.78, 5) is 20.4. The highest BCUT2D eigenvalue weighted by atomic mass is 19.1. The van der Waals surface area contributed by atoms with Gasteiger partial charge in [0.2, 0.25) is 5.95 Å². The molecule has 4 heterocycles. The van der Waals surface area contributed by atoms with E-state index in [2.05, 4.69) is 29.9 Å². The second kappa shape index (κ2) is 10.1. The van der Waals surface area contributed by atoms with E-state index in [1.54, 1.807) is 10.9 Å². The fraction of sp³-hybridized carbons (Fsp3) is 0.269. The molecule has 1 aliphatic heterocycles. The molecule has 0 spiro atoms. The minimum Gasteiger partial charge on any atom is -0.380 e. The normalized spacial score (nSPS) is 16.0. The molecule has 0 saturated carbocycles. The fourth-order valence-electron chi connectivity index (χ4n) is 4.60. The van der Waals surface area contributed by atoms with Crippen LogP contribution in [-0.4, -0.2) is 73.1 Å². The van der Waals surface area contributed by atoms with E-state index >= 15 is 0 Å². The maximum Gasteiger partial charge on any atom is 0.225 e. The molecule has 3 aromatic heterocycles. The number of rotatable bonds is 6. The minimum absolute atomic E-state index is 0.181. The van der Waals surface area contributed by atoms with Crippen LogP contribution in [0.3, 0.4) is 0 Å². The lowest BCUT2D eigenvalue weighted by Gasteiger charge is -2.36. The Hall–Kier alpha value is -4.45. The zero-order chi connectivity index (χ0) is 26.9. The summed E-state index contributed by atoms with van der Waals surface area (Å²) in [6.45, 7) is 3.71. The molecule has 1 fully saturated rings. The molecule has 10 nitrogen and oxygen atoms in total. The van der Waals surface area contributed by atoms with Crippen molar-refractivity contribution in [2.24, 2.45) is 12.0 Å². The van der Waals surface area contributed by atoms with Crippen molar-refractivity contribution in [2.45, 2.75) is 12.5 Å². The zero-order valence-electron chi connectivity index (χ0n) is 20.9. The number of hydrogen-bond acceptors (Lipinski definition) is 6. The molecule has 4 aromatic rings. The van der Waals surface area contributed by atoms with Gasteiger partial charge in [-0.05, 0) is 25.1 Å². The number of anilines is 1. The quantitative estimate of drug-likeness (QED) is 0.266. The summed E-state index contributed by atoms with van der Waals surface area (Å²) in [5.41, 5.74) is 0.550. The van der Waals surface area contributed by atoms with Crippen LogP contribution in [0.1, 0.15) is 23.7 Å². The van der Waals surface area contributed by atoms with Gasteiger partial charge in [0.15, 0.2) is 5.84 Å².